The van der Waals surface area contributed by atoms with Crippen molar-refractivity contribution in [3.63, 3.8) is 0 Å². The highest BCUT2D eigenvalue weighted by atomic mass is 16.2. The zero-order chi connectivity index (χ0) is 9.54. The molecule has 1 aliphatic heterocycles. The highest BCUT2D eigenvalue weighted by molar-refractivity contribution is 5.93. The molecule has 0 spiro atoms. The van der Waals surface area contributed by atoms with Crippen molar-refractivity contribution in [1.29, 1.82) is 0 Å². The zero-order valence-electron chi connectivity index (χ0n) is 7.94. The second-order valence-electron chi connectivity index (χ2n) is 4.12. The van der Waals surface area contributed by atoms with Gasteiger partial charge in [-0.05, 0) is 12.8 Å². The highest BCUT2D eigenvalue weighted by Gasteiger charge is 2.34. The van der Waals surface area contributed by atoms with Crippen LogP contribution in [-0.2, 0) is 0 Å². The molecule has 1 fully saturated rings. The Morgan fingerprint density at radius 2 is 2.29 bits per heavy atom. The summed E-state index contributed by atoms with van der Waals surface area (Å²) in [6.45, 7) is 0. The Labute approximate surface area is 82.3 Å². The van der Waals surface area contributed by atoms with Crippen LogP contribution in [0.3, 0.4) is 0 Å². The summed E-state index contributed by atoms with van der Waals surface area (Å²) in [5, 5.41) is 3.06. The summed E-state index contributed by atoms with van der Waals surface area (Å²) >= 11 is 0. The van der Waals surface area contributed by atoms with Crippen molar-refractivity contribution in [3.05, 3.63) is 18.2 Å². The summed E-state index contributed by atoms with van der Waals surface area (Å²) in [4.78, 5) is 15.7. The van der Waals surface area contributed by atoms with Gasteiger partial charge in [-0.2, -0.15) is 0 Å². The smallest absolute Gasteiger partial charge is 0.269 e. The van der Waals surface area contributed by atoms with Gasteiger partial charge in [0, 0.05) is 6.04 Å². The van der Waals surface area contributed by atoms with E-state index in [0.717, 1.165) is 12.8 Å². The molecule has 4 heteroatoms. The van der Waals surface area contributed by atoms with E-state index in [4.69, 9.17) is 0 Å². The largest absolute Gasteiger partial charge is 0.346 e. The normalized spacial score (nSPS) is 30.4. The Morgan fingerprint density at radius 3 is 3.21 bits per heavy atom. The average molecular weight is 191 g/mol. The SMILES string of the molecule is O=C1NC2CCCCC2n2cncc21. The molecule has 4 nitrogen and oxygen atoms in total. The number of carbonyl (C=O) groups is 1. The maximum atomic E-state index is 11.6. The van der Waals surface area contributed by atoms with Gasteiger partial charge in [0.1, 0.15) is 5.69 Å². The number of rotatable bonds is 0. The molecule has 1 aromatic rings. The van der Waals surface area contributed by atoms with Crippen LogP contribution >= 0.6 is 0 Å². The minimum absolute atomic E-state index is 0.0330. The molecule has 1 saturated carbocycles. The third-order valence-corrected chi connectivity index (χ3v) is 3.30. The van der Waals surface area contributed by atoms with Crippen molar-refractivity contribution in [1.82, 2.24) is 14.9 Å². The standard InChI is InChI=1S/C10H13N3O/c14-10-9-5-11-6-13(9)8-4-2-1-3-7(8)12-10/h5-8H,1-4H2,(H,12,14). The van der Waals surface area contributed by atoms with Crippen molar-refractivity contribution in [2.24, 2.45) is 0 Å². The van der Waals surface area contributed by atoms with E-state index in [9.17, 15) is 4.79 Å². The quantitative estimate of drug-likeness (QED) is 0.667. The topological polar surface area (TPSA) is 46.9 Å². The first-order chi connectivity index (χ1) is 6.86. The predicted molar refractivity (Wildman–Crippen MR) is 51.0 cm³/mol. The number of carbonyl (C=O) groups excluding carboxylic acids is 1. The lowest BCUT2D eigenvalue weighted by molar-refractivity contribution is 0.0852. The van der Waals surface area contributed by atoms with E-state index >= 15 is 0 Å². The van der Waals surface area contributed by atoms with Gasteiger partial charge >= 0.3 is 0 Å². The van der Waals surface area contributed by atoms with Gasteiger partial charge < -0.3 is 9.88 Å². The molecule has 3 rings (SSSR count). The van der Waals surface area contributed by atoms with E-state index in [0.29, 0.717) is 17.8 Å². The van der Waals surface area contributed by atoms with Crippen molar-refractivity contribution in [3.8, 4) is 0 Å². The molecule has 2 atom stereocenters. The van der Waals surface area contributed by atoms with Crippen molar-refractivity contribution < 1.29 is 4.79 Å². The lowest BCUT2D eigenvalue weighted by Crippen LogP contribution is -2.48. The zero-order valence-corrected chi connectivity index (χ0v) is 7.94. The fourth-order valence-corrected chi connectivity index (χ4v) is 2.60. The summed E-state index contributed by atoms with van der Waals surface area (Å²) in [6, 6.07) is 0.775. The second kappa shape index (κ2) is 2.83. The Hall–Kier alpha value is -1.32. The van der Waals surface area contributed by atoms with Crippen LogP contribution in [0.5, 0.6) is 0 Å². The highest BCUT2D eigenvalue weighted by Crippen LogP contribution is 2.32. The van der Waals surface area contributed by atoms with Crippen LogP contribution in [0.15, 0.2) is 12.5 Å². The van der Waals surface area contributed by atoms with Gasteiger partial charge in [0.05, 0.1) is 18.6 Å². The van der Waals surface area contributed by atoms with Gasteiger partial charge in [-0.1, -0.05) is 12.8 Å². The number of fused-ring (bicyclic) bond motifs is 3. The Morgan fingerprint density at radius 1 is 1.43 bits per heavy atom. The number of hydrogen-bond acceptors (Lipinski definition) is 2. The first-order valence-corrected chi connectivity index (χ1v) is 5.19. The number of amides is 1. The summed E-state index contributed by atoms with van der Waals surface area (Å²) in [5.74, 6) is 0.0330. The monoisotopic (exact) mass is 191 g/mol. The lowest BCUT2D eigenvalue weighted by Gasteiger charge is -2.37. The molecule has 1 aromatic heterocycles. The fourth-order valence-electron chi connectivity index (χ4n) is 2.60. The average Bonchev–Trinajstić information content (AvgIpc) is 2.67. The molecular weight excluding hydrogens is 178 g/mol. The van der Waals surface area contributed by atoms with E-state index < -0.39 is 0 Å². The first-order valence-electron chi connectivity index (χ1n) is 5.19. The molecule has 2 heterocycles. The summed E-state index contributed by atoms with van der Waals surface area (Å²) in [6.07, 6.45) is 8.19. The molecule has 1 amide bonds. The third kappa shape index (κ3) is 0.997. The van der Waals surface area contributed by atoms with Gasteiger partial charge in [0.2, 0.25) is 0 Å². The summed E-state index contributed by atoms with van der Waals surface area (Å²) < 4.78 is 2.04. The molecule has 2 unspecified atom stereocenters. The molecule has 1 N–H and O–H groups in total. The second-order valence-corrected chi connectivity index (χ2v) is 4.12. The maximum absolute atomic E-state index is 11.6. The van der Waals surface area contributed by atoms with Gasteiger partial charge in [0.15, 0.2) is 0 Å². The van der Waals surface area contributed by atoms with Crippen LogP contribution in [0.25, 0.3) is 0 Å². The Balaban J connectivity index is 2.04. The van der Waals surface area contributed by atoms with Crippen molar-refractivity contribution in [2.75, 3.05) is 0 Å². The van der Waals surface area contributed by atoms with E-state index in [-0.39, 0.29) is 5.91 Å². The molecule has 0 radical (unpaired) electrons. The van der Waals surface area contributed by atoms with Crippen LogP contribution in [0.1, 0.15) is 42.2 Å². The van der Waals surface area contributed by atoms with Crippen LogP contribution < -0.4 is 5.32 Å². The molecule has 1 aliphatic carbocycles. The Bertz CT molecular complexity index is 371. The lowest BCUT2D eigenvalue weighted by atomic mass is 9.88. The maximum Gasteiger partial charge on any atom is 0.269 e. The molecule has 0 saturated heterocycles. The van der Waals surface area contributed by atoms with Gasteiger partial charge in [-0.3, -0.25) is 4.79 Å². The predicted octanol–water partition coefficient (Wildman–Crippen LogP) is 1.11. The minimum Gasteiger partial charge on any atom is -0.346 e. The van der Waals surface area contributed by atoms with E-state index in [1.807, 2.05) is 4.57 Å². The van der Waals surface area contributed by atoms with Crippen molar-refractivity contribution >= 4 is 5.91 Å². The van der Waals surface area contributed by atoms with E-state index in [1.165, 1.54) is 12.8 Å². The Kier molecular flexibility index (Phi) is 1.63. The number of hydrogen-bond donors (Lipinski definition) is 1. The molecular formula is C10H13N3O. The summed E-state index contributed by atoms with van der Waals surface area (Å²) in [5.41, 5.74) is 0.716. The number of aromatic nitrogens is 2. The molecule has 0 aromatic carbocycles. The number of nitrogens with zero attached hydrogens (tertiary/aromatic N) is 2. The third-order valence-electron chi connectivity index (χ3n) is 3.30. The minimum atomic E-state index is 0.0330. The fraction of sp³-hybridized carbons (Fsp3) is 0.600. The summed E-state index contributed by atoms with van der Waals surface area (Å²) in [7, 11) is 0. The molecule has 2 aliphatic rings. The molecule has 74 valence electrons. The van der Waals surface area contributed by atoms with Gasteiger partial charge in [-0.15, -0.1) is 0 Å². The van der Waals surface area contributed by atoms with Gasteiger partial charge in [0.25, 0.3) is 5.91 Å². The van der Waals surface area contributed by atoms with E-state index in [2.05, 4.69) is 10.3 Å². The molecule has 0 bridgehead atoms. The van der Waals surface area contributed by atoms with Crippen LogP contribution in [-0.4, -0.2) is 21.5 Å². The van der Waals surface area contributed by atoms with Crippen LogP contribution in [0.4, 0.5) is 0 Å². The van der Waals surface area contributed by atoms with Crippen LogP contribution in [0.2, 0.25) is 0 Å². The number of imidazole rings is 1. The van der Waals surface area contributed by atoms with Gasteiger partial charge in [-0.25, -0.2) is 4.98 Å². The number of nitrogens with one attached hydrogen (secondary N) is 1. The van der Waals surface area contributed by atoms with Crippen molar-refractivity contribution in [2.45, 2.75) is 37.8 Å². The van der Waals surface area contributed by atoms with Crippen LogP contribution in [0, 0.1) is 0 Å². The first kappa shape index (κ1) is 8.03. The molecule has 14 heavy (non-hydrogen) atoms. The van der Waals surface area contributed by atoms with E-state index in [1.54, 1.807) is 12.5 Å².